The number of hydrogen-bond acceptors (Lipinski definition) is 4. The van der Waals surface area contributed by atoms with E-state index < -0.39 is 17.5 Å². The van der Waals surface area contributed by atoms with Gasteiger partial charge in [0.25, 0.3) is 5.91 Å². The molecule has 1 amide bonds. The molecule has 0 bridgehead atoms. The summed E-state index contributed by atoms with van der Waals surface area (Å²) in [5.41, 5.74) is 0.495. The Morgan fingerprint density at radius 1 is 0.962 bits per heavy atom. The summed E-state index contributed by atoms with van der Waals surface area (Å²) in [5, 5.41) is 6.08. The van der Waals surface area contributed by atoms with Crippen LogP contribution in [0.4, 0.5) is 26.1 Å². The van der Waals surface area contributed by atoms with Crippen LogP contribution in [-0.4, -0.2) is 15.9 Å². The quantitative estimate of drug-likeness (QED) is 0.648. The molecule has 0 aliphatic heterocycles. The van der Waals surface area contributed by atoms with Crippen molar-refractivity contribution in [2.45, 2.75) is 0 Å². The van der Waals surface area contributed by atoms with Gasteiger partial charge >= 0.3 is 0 Å². The highest BCUT2D eigenvalue weighted by atomic mass is 35.5. The molecule has 9 heteroatoms. The lowest BCUT2D eigenvalue weighted by Gasteiger charge is -2.08. The standard InChI is InChI=1S/C17H10Cl2F2N4O/c18-10-1-3-14(12(19)5-10)25-17-22-7-9(8-23-17)16(26)24-15-4-2-11(20)6-13(15)21/h1-8H,(H,24,26)(H,22,23,25). The van der Waals surface area contributed by atoms with Crippen molar-refractivity contribution in [3.63, 3.8) is 0 Å². The monoisotopic (exact) mass is 394 g/mol. The fraction of sp³-hybridized carbons (Fsp3) is 0. The summed E-state index contributed by atoms with van der Waals surface area (Å²) < 4.78 is 26.5. The molecule has 3 aromatic rings. The molecule has 132 valence electrons. The van der Waals surface area contributed by atoms with E-state index in [1.54, 1.807) is 18.2 Å². The maximum atomic E-state index is 13.6. The Labute approximate surface area is 157 Å². The summed E-state index contributed by atoms with van der Waals surface area (Å²) in [6.07, 6.45) is 2.52. The van der Waals surface area contributed by atoms with Crippen LogP contribution in [0.15, 0.2) is 48.8 Å². The second-order valence-corrected chi connectivity index (χ2v) is 5.97. The predicted octanol–water partition coefficient (Wildman–Crippen LogP) is 5.06. The highest BCUT2D eigenvalue weighted by Crippen LogP contribution is 2.27. The minimum Gasteiger partial charge on any atom is -0.323 e. The molecular weight excluding hydrogens is 385 g/mol. The van der Waals surface area contributed by atoms with E-state index >= 15 is 0 Å². The van der Waals surface area contributed by atoms with Gasteiger partial charge in [-0.05, 0) is 30.3 Å². The van der Waals surface area contributed by atoms with Gasteiger partial charge in [0, 0.05) is 23.5 Å². The molecule has 0 fully saturated rings. The fourth-order valence-electron chi connectivity index (χ4n) is 2.01. The minimum absolute atomic E-state index is 0.0986. The lowest BCUT2D eigenvalue weighted by molar-refractivity contribution is 0.102. The first-order chi connectivity index (χ1) is 12.4. The molecule has 5 nitrogen and oxygen atoms in total. The topological polar surface area (TPSA) is 66.9 Å². The van der Waals surface area contributed by atoms with Gasteiger partial charge in [0.15, 0.2) is 0 Å². The van der Waals surface area contributed by atoms with Crippen LogP contribution in [0, 0.1) is 11.6 Å². The zero-order valence-electron chi connectivity index (χ0n) is 12.9. The van der Waals surface area contributed by atoms with Crippen molar-refractivity contribution < 1.29 is 13.6 Å². The number of nitrogens with zero attached hydrogens (tertiary/aromatic N) is 2. The van der Waals surface area contributed by atoms with Gasteiger partial charge in [0.05, 0.1) is 22.0 Å². The van der Waals surface area contributed by atoms with Gasteiger partial charge in [-0.15, -0.1) is 0 Å². The van der Waals surface area contributed by atoms with Crippen molar-refractivity contribution in [2.24, 2.45) is 0 Å². The van der Waals surface area contributed by atoms with Crippen LogP contribution in [0.2, 0.25) is 10.0 Å². The molecule has 0 unspecified atom stereocenters. The van der Waals surface area contributed by atoms with Gasteiger partial charge in [0.2, 0.25) is 5.95 Å². The summed E-state index contributed by atoms with van der Waals surface area (Å²) in [6.45, 7) is 0. The molecule has 0 atom stereocenters. The largest absolute Gasteiger partial charge is 0.323 e. The molecule has 2 aromatic carbocycles. The van der Waals surface area contributed by atoms with E-state index in [-0.39, 0.29) is 17.2 Å². The highest BCUT2D eigenvalue weighted by Gasteiger charge is 2.12. The normalized spacial score (nSPS) is 10.5. The first-order valence-corrected chi connectivity index (χ1v) is 7.98. The van der Waals surface area contributed by atoms with Gasteiger partial charge in [-0.2, -0.15) is 0 Å². The van der Waals surface area contributed by atoms with E-state index in [0.717, 1.165) is 12.1 Å². The lowest BCUT2D eigenvalue weighted by Crippen LogP contribution is -2.14. The molecule has 1 heterocycles. The van der Waals surface area contributed by atoms with Crippen LogP contribution in [0.3, 0.4) is 0 Å². The summed E-state index contributed by atoms with van der Waals surface area (Å²) in [7, 11) is 0. The zero-order valence-corrected chi connectivity index (χ0v) is 14.4. The van der Waals surface area contributed by atoms with Crippen molar-refractivity contribution >= 4 is 46.4 Å². The number of carbonyl (C=O) groups is 1. The average molecular weight is 395 g/mol. The van der Waals surface area contributed by atoms with Crippen LogP contribution in [0.5, 0.6) is 0 Å². The number of amides is 1. The third kappa shape index (κ3) is 4.25. The van der Waals surface area contributed by atoms with E-state index in [4.69, 9.17) is 23.2 Å². The Morgan fingerprint density at radius 3 is 2.31 bits per heavy atom. The van der Waals surface area contributed by atoms with E-state index in [0.29, 0.717) is 21.8 Å². The smallest absolute Gasteiger partial charge is 0.258 e. The van der Waals surface area contributed by atoms with Crippen LogP contribution in [-0.2, 0) is 0 Å². The van der Waals surface area contributed by atoms with Crippen molar-refractivity contribution in [1.82, 2.24) is 9.97 Å². The summed E-state index contributed by atoms with van der Waals surface area (Å²) in [5.74, 6) is -2.04. The first-order valence-electron chi connectivity index (χ1n) is 7.23. The average Bonchev–Trinajstić information content (AvgIpc) is 2.60. The molecule has 0 saturated carbocycles. The fourth-order valence-corrected chi connectivity index (χ4v) is 2.46. The number of anilines is 3. The second kappa shape index (κ2) is 7.63. The van der Waals surface area contributed by atoms with Gasteiger partial charge < -0.3 is 10.6 Å². The number of hydrogen-bond donors (Lipinski definition) is 2. The Bertz CT molecular complexity index is 967. The number of benzene rings is 2. The molecule has 0 radical (unpaired) electrons. The highest BCUT2D eigenvalue weighted by molar-refractivity contribution is 6.36. The zero-order chi connectivity index (χ0) is 18.7. The minimum atomic E-state index is -0.880. The maximum Gasteiger partial charge on any atom is 0.258 e. The van der Waals surface area contributed by atoms with Crippen molar-refractivity contribution in [3.05, 3.63) is 76.0 Å². The molecule has 0 saturated heterocycles. The van der Waals surface area contributed by atoms with Crippen LogP contribution in [0.25, 0.3) is 0 Å². The van der Waals surface area contributed by atoms with Gasteiger partial charge in [0.1, 0.15) is 11.6 Å². The van der Waals surface area contributed by atoms with Crippen molar-refractivity contribution in [1.29, 1.82) is 0 Å². The number of carbonyl (C=O) groups excluding carboxylic acids is 1. The Kier molecular flexibility index (Phi) is 5.29. The van der Waals surface area contributed by atoms with Gasteiger partial charge in [-0.25, -0.2) is 18.7 Å². The predicted molar refractivity (Wildman–Crippen MR) is 96.1 cm³/mol. The lowest BCUT2D eigenvalue weighted by atomic mass is 10.2. The molecular formula is C17H10Cl2F2N4O. The first kappa shape index (κ1) is 18.0. The van der Waals surface area contributed by atoms with E-state index in [9.17, 15) is 13.6 Å². The molecule has 0 aliphatic rings. The van der Waals surface area contributed by atoms with E-state index in [2.05, 4.69) is 20.6 Å². The van der Waals surface area contributed by atoms with Crippen LogP contribution < -0.4 is 10.6 Å². The SMILES string of the molecule is O=C(Nc1ccc(F)cc1F)c1cnc(Nc2ccc(Cl)cc2Cl)nc1. The number of halogens is 4. The van der Waals surface area contributed by atoms with Gasteiger partial charge in [-0.3, -0.25) is 4.79 Å². The van der Waals surface area contributed by atoms with Crippen molar-refractivity contribution in [3.8, 4) is 0 Å². The van der Waals surface area contributed by atoms with Crippen molar-refractivity contribution in [2.75, 3.05) is 10.6 Å². The molecule has 26 heavy (non-hydrogen) atoms. The third-order valence-electron chi connectivity index (χ3n) is 3.27. The molecule has 1 aromatic heterocycles. The van der Waals surface area contributed by atoms with Crippen LogP contribution in [0.1, 0.15) is 10.4 Å². The number of nitrogens with one attached hydrogen (secondary N) is 2. The number of rotatable bonds is 4. The third-order valence-corrected chi connectivity index (χ3v) is 3.82. The number of aromatic nitrogens is 2. The molecule has 2 N–H and O–H groups in total. The molecule has 3 rings (SSSR count). The van der Waals surface area contributed by atoms with E-state index in [1.807, 2.05) is 0 Å². The maximum absolute atomic E-state index is 13.6. The van der Waals surface area contributed by atoms with Crippen LogP contribution >= 0.6 is 23.2 Å². The Balaban J connectivity index is 1.71. The summed E-state index contributed by atoms with van der Waals surface area (Å²) >= 11 is 11.9. The van der Waals surface area contributed by atoms with Gasteiger partial charge in [-0.1, -0.05) is 23.2 Å². The summed E-state index contributed by atoms with van der Waals surface area (Å²) in [6, 6.07) is 7.71. The second-order valence-electron chi connectivity index (χ2n) is 5.12. The molecule has 0 aliphatic carbocycles. The Morgan fingerprint density at radius 2 is 1.65 bits per heavy atom. The Hall–Kier alpha value is -2.77. The molecule has 0 spiro atoms. The van der Waals surface area contributed by atoms with E-state index in [1.165, 1.54) is 12.4 Å². The summed E-state index contributed by atoms with van der Waals surface area (Å²) in [4.78, 5) is 20.1.